The first kappa shape index (κ1) is 29.8. The van der Waals surface area contributed by atoms with Crippen LogP contribution in [0, 0.1) is 6.92 Å². The largest absolute Gasteiger partial charge is 0.478 e. The first-order chi connectivity index (χ1) is 19.1. The molecule has 0 aliphatic rings. The molecule has 0 aromatic heterocycles. The Bertz CT molecular complexity index is 1600. The lowest BCUT2D eigenvalue weighted by Gasteiger charge is -2.18. The van der Waals surface area contributed by atoms with Crippen molar-refractivity contribution in [3.8, 4) is 0 Å². The van der Waals surface area contributed by atoms with Gasteiger partial charge in [0.2, 0.25) is 5.91 Å². The minimum Gasteiger partial charge on any atom is -0.478 e. The lowest BCUT2D eigenvalue weighted by atomic mass is 10.1. The Labute approximate surface area is 254 Å². The predicted molar refractivity (Wildman–Crippen MR) is 163 cm³/mol. The van der Waals surface area contributed by atoms with Crippen molar-refractivity contribution in [2.45, 2.75) is 17.1 Å². The summed E-state index contributed by atoms with van der Waals surface area (Å²) in [6, 6.07) is 23.5. The number of halogens is 4. The van der Waals surface area contributed by atoms with Gasteiger partial charge in [0.1, 0.15) is 5.25 Å². The quantitative estimate of drug-likeness (QED) is 0.102. The Morgan fingerprint density at radius 3 is 1.98 bits per heavy atom. The Morgan fingerprint density at radius 1 is 0.725 bits per heavy atom. The van der Waals surface area contributed by atoms with Crippen LogP contribution in [0.25, 0.3) is 0 Å². The fourth-order valence-corrected chi connectivity index (χ4v) is 5.87. The highest BCUT2D eigenvalue weighted by atomic mass is 35.5. The normalized spacial score (nSPS) is 11.5. The molecule has 4 aromatic rings. The summed E-state index contributed by atoms with van der Waals surface area (Å²) < 4.78 is 0. The van der Waals surface area contributed by atoms with E-state index in [4.69, 9.17) is 46.4 Å². The maximum absolute atomic E-state index is 13.4. The van der Waals surface area contributed by atoms with Crippen LogP contribution in [0.1, 0.15) is 37.1 Å². The summed E-state index contributed by atoms with van der Waals surface area (Å²) in [6.07, 6.45) is 0. The van der Waals surface area contributed by atoms with Crippen LogP contribution >= 0.6 is 58.2 Å². The molecule has 40 heavy (non-hydrogen) atoms. The first-order valence-electron chi connectivity index (χ1n) is 11.7. The smallest absolute Gasteiger partial charge is 0.338 e. The molecule has 0 radical (unpaired) electrons. The van der Waals surface area contributed by atoms with E-state index < -0.39 is 33.3 Å². The standard InChI is InChI=1S/C29H20Cl4N2O4S/c1-15-10-12-17(13-11-15)34-28(37)26(16-6-3-2-4-7-16)40-19-9-5-8-18(14-19)35-27(36)20-21(29(38)39)23(31)25(33)24(32)22(20)30/h2-14,26H,1H3,(H,34,37)(H,35,36)(H,38,39). The summed E-state index contributed by atoms with van der Waals surface area (Å²) in [7, 11) is 0. The van der Waals surface area contributed by atoms with Crippen molar-refractivity contribution in [3.63, 3.8) is 0 Å². The lowest BCUT2D eigenvalue weighted by Crippen LogP contribution is -2.19. The minimum atomic E-state index is -1.50. The fraction of sp³-hybridized carbons (Fsp3) is 0.0690. The molecule has 0 aliphatic heterocycles. The summed E-state index contributed by atoms with van der Waals surface area (Å²) >= 11 is 25.7. The second kappa shape index (κ2) is 13.0. The number of carboxylic acid groups (broad SMARTS) is 1. The molecule has 0 heterocycles. The van der Waals surface area contributed by atoms with Gasteiger partial charge in [0.15, 0.2) is 0 Å². The van der Waals surface area contributed by atoms with Gasteiger partial charge in [-0.1, -0.05) is 100 Å². The van der Waals surface area contributed by atoms with Crippen LogP contribution in [0.15, 0.2) is 83.8 Å². The van der Waals surface area contributed by atoms with Crippen molar-refractivity contribution in [2.24, 2.45) is 0 Å². The van der Waals surface area contributed by atoms with E-state index in [9.17, 15) is 19.5 Å². The van der Waals surface area contributed by atoms with E-state index in [-0.39, 0.29) is 21.0 Å². The van der Waals surface area contributed by atoms with Gasteiger partial charge in [0.05, 0.1) is 31.2 Å². The molecule has 4 rings (SSSR count). The van der Waals surface area contributed by atoms with Gasteiger partial charge in [0, 0.05) is 16.3 Å². The van der Waals surface area contributed by atoms with E-state index in [1.54, 1.807) is 24.3 Å². The van der Waals surface area contributed by atoms with Gasteiger partial charge in [-0.3, -0.25) is 9.59 Å². The van der Waals surface area contributed by atoms with E-state index >= 15 is 0 Å². The predicted octanol–water partition coefficient (Wildman–Crippen LogP) is 9.03. The second-order valence-corrected chi connectivity index (χ2v) is 11.2. The SMILES string of the molecule is Cc1ccc(NC(=O)C(Sc2cccc(NC(=O)c3c(Cl)c(Cl)c(Cl)c(Cl)c3C(=O)O)c2)c2ccccc2)cc1. The molecule has 204 valence electrons. The summed E-state index contributed by atoms with van der Waals surface area (Å²) in [5.74, 6) is -2.57. The van der Waals surface area contributed by atoms with E-state index in [0.717, 1.165) is 11.1 Å². The number of carbonyl (C=O) groups excluding carboxylic acids is 2. The Hall–Kier alpha value is -3.20. The number of amides is 2. The molecule has 1 atom stereocenters. The average molecular weight is 634 g/mol. The number of hydrogen-bond donors (Lipinski definition) is 3. The monoisotopic (exact) mass is 632 g/mol. The van der Waals surface area contributed by atoms with E-state index in [0.29, 0.717) is 16.3 Å². The van der Waals surface area contributed by atoms with Crippen LogP contribution in [0.2, 0.25) is 20.1 Å². The van der Waals surface area contributed by atoms with Crippen LogP contribution < -0.4 is 10.6 Å². The molecule has 1 unspecified atom stereocenters. The molecule has 4 aromatic carbocycles. The van der Waals surface area contributed by atoms with E-state index in [1.807, 2.05) is 61.5 Å². The zero-order valence-electron chi connectivity index (χ0n) is 20.7. The molecule has 11 heteroatoms. The number of anilines is 2. The number of carboxylic acids is 1. The highest BCUT2D eigenvalue weighted by molar-refractivity contribution is 8.00. The van der Waals surface area contributed by atoms with Crippen molar-refractivity contribution >= 4 is 87.3 Å². The zero-order valence-corrected chi connectivity index (χ0v) is 24.5. The highest BCUT2D eigenvalue weighted by Gasteiger charge is 2.29. The molecule has 0 bridgehead atoms. The summed E-state index contributed by atoms with van der Waals surface area (Å²) in [6.45, 7) is 1.96. The number of hydrogen-bond acceptors (Lipinski definition) is 4. The third-order valence-corrected chi connectivity index (χ3v) is 8.76. The van der Waals surface area contributed by atoms with Crippen LogP contribution in [-0.2, 0) is 4.79 Å². The van der Waals surface area contributed by atoms with Crippen molar-refractivity contribution in [1.29, 1.82) is 0 Å². The Kier molecular flexibility index (Phi) is 9.66. The van der Waals surface area contributed by atoms with Gasteiger partial charge in [-0.2, -0.15) is 0 Å². The summed E-state index contributed by atoms with van der Waals surface area (Å²) in [5, 5.41) is 13.4. The molecule has 0 saturated heterocycles. The number of aromatic carboxylic acids is 1. The van der Waals surface area contributed by atoms with E-state index in [2.05, 4.69) is 10.6 Å². The minimum absolute atomic E-state index is 0.224. The van der Waals surface area contributed by atoms with Crippen molar-refractivity contribution in [3.05, 3.63) is 121 Å². The average Bonchev–Trinajstić information content (AvgIpc) is 2.94. The van der Waals surface area contributed by atoms with Crippen LogP contribution in [0.5, 0.6) is 0 Å². The molecule has 0 spiro atoms. The number of rotatable bonds is 8. The summed E-state index contributed by atoms with van der Waals surface area (Å²) in [5.41, 5.74) is 1.87. The molecule has 3 N–H and O–H groups in total. The number of carbonyl (C=O) groups is 3. The molecular formula is C29H20Cl4N2O4S. The van der Waals surface area contributed by atoms with Gasteiger partial charge < -0.3 is 15.7 Å². The fourth-order valence-electron chi connectivity index (χ4n) is 3.77. The molecular weight excluding hydrogens is 614 g/mol. The third-order valence-electron chi connectivity index (χ3n) is 5.71. The first-order valence-corrected chi connectivity index (χ1v) is 14.1. The number of thioether (sulfide) groups is 1. The van der Waals surface area contributed by atoms with Crippen LogP contribution in [0.3, 0.4) is 0 Å². The van der Waals surface area contributed by atoms with Gasteiger partial charge >= 0.3 is 5.97 Å². The molecule has 0 saturated carbocycles. The van der Waals surface area contributed by atoms with Gasteiger partial charge in [-0.15, -0.1) is 11.8 Å². The number of aryl methyl sites for hydroxylation is 1. The number of nitrogens with one attached hydrogen (secondary N) is 2. The topological polar surface area (TPSA) is 95.5 Å². The highest BCUT2D eigenvalue weighted by Crippen LogP contribution is 2.42. The molecule has 0 fully saturated rings. The van der Waals surface area contributed by atoms with Crippen molar-refractivity contribution < 1.29 is 19.5 Å². The van der Waals surface area contributed by atoms with E-state index in [1.165, 1.54) is 11.8 Å². The summed E-state index contributed by atoms with van der Waals surface area (Å²) in [4.78, 5) is 39.1. The van der Waals surface area contributed by atoms with Crippen LogP contribution in [-0.4, -0.2) is 22.9 Å². The molecule has 0 aliphatic carbocycles. The maximum Gasteiger partial charge on any atom is 0.338 e. The maximum atomic E-state index is 13.4. The van der Waals surface area contributed by atoms with Gasteiger partial charge in [-0.05, 0) is 42.8 Å². The second-order valence-electron chi connectivity index (χ2n) is 8.56. The van der Waals surface area contributed by atoms with Crippen molar-refractivity contribution in [2.75, 3.05) is 10.6 Å². The zero-order chi connectivity index (χ0) is 29.0. The van der Waals surface area contributed by atoms with Crippen LogP contribution in [0.4, 0.5) is 11.4 Å². The molecule has 2 amide bonds. The number of benzene rings is 4. The van der Waals surface area contributed by atoms with Gasteiger partial charge in [0.25, 0.3) is 5.91 Å². The third kappa shape index (κ3) is 6.74. The Morgan fingerprint density at radius 2 is 1.35 bits per heavy atom. The van der Waals surface area contributed by atoms with Crippen molar-refractivity contribution in [1.82, 2.24) is 0 Å². The van der Waals surface area contributed by atoms with Gasteiger partial charge in [-0.25, -0.2) is 4.79 Å². The lowest BCUT2D eigenvalue weighted by molar-refractivity contribution is -0.115. The Balaban J connectivity index is 1.61. The molecule has 6 nitrogen and oxygen atoms in total.